The second-order valence-electron chi connectivity index (χ2n) is 10.3. The van der Waals surface area contributed by atoms with Crippen LogP contribution in [-0.4, -0.2) is 18.4 Å². The van der Waals surface area contributed by atoms with E-state index in [0.717, 1.165) is 25.7 Å². The van der Waals surface area contributed by atoms with Gasteiger partial charge in [-0.2, -0.15) is 0 Å². The highest BCUT2D eigenvalue weighted by molar-refractivity contribution is 5.60. The molecule has 0 N–H and O–H groups in total. The maximum atomic E-state index is 12.4. The Labute approximate surface area is 161 Å². The van der Waals surface area contributed by atoms with Crippen LogP contribution in [-0.2, 0) is 9.47 Å². The topological polar surface area (TPSA) is 35.5 Å². The quantitative estimate of drug-likeness (QED) is 0.492. The van der Waals surface area contributed by atoms with Crippen molar-refractivity contribution in [1.29, 1.82) is 0 Å². The predicted molar refractivity (Wildman–Crippen MR) is 107 cm³/mol. The molecular weight excluding hydrogens is 324 g/mol. The number of ether oxygens (including phenoxy) is 2. The molecule has 0 saturated heterocycles. The van der Waals surface area contributed by atoms with E-state index in [1.54, 1.807) is 0 Å². The summed E-state index contributed by atoms with van der Waals surface area (Å²) in [4.78, 5) is 12.4. The molecule has 0 aromatic rings. The van der Waals surface area contributed by atoms with Crippen LogP contribution in [0.3, 0.4) is 0 Å². The third kappa shape index (κ3) is 4.39. The summed E-state index contributed by atoms with van der Waals surface area (Å²) in [5, 5.41) is 0. The summed E-state index contributed by atoms with van der Waals surface area (Å²) in [5.74, 6) is 1.70. The molecule has 152 valence electrons. The minimum atomic E-state index is -0.461. The summed E-state index contributed by atoms with van der Waals surface area (Å²) in [6, 6.07) is 0. The molecule has 0 amide bonds. The maximum Gasteiger partial charge on any atom is 0.508 e. The Bertz CT molecular complexity index is 486. The van der Waals surface area contributed by atoms with Crippen LogP contribution in [0.15, 0.2) is 0 Å². The molecule has 2 fully saturated rings. The Kier molecular flexibility index (Phi) is 6.72. The summed E-state index contributed by atoms with van der Waals surface area (Å²) in [5.41, 5.74) is 0.232. The lowest BCUT2D eigenvalue weighted by Gasteiger charge is -2.54. The fraction of sp³-hybridized carbons (Fsp3) is 0.957. The van der Waals surface area contributed by atoms with E-state index >= 15 is 0 Å². The second-order valence-corrected chi connectivity index (χ2v) is 10.3. The van der Waals surface area contributed by atoms with Crippen LogP contribution >= 0.6 is 0 Å². The molecular formula is C23H42O3. The van der Waals surface area contributed by atoms with Gasteiger partial charge in [-0.15, -0.1) is 0 Å². The van der Waals surface area contributed by atoms with Crippen LogP contribution in [0.5, 0.6) is 0 Å². The fourth-order valence-corrected chi connectivity index (χ4v) is 5.47. The lowest BCUT2D eigenvalue weighted by Crippen LogP contribution is -2.53. The minimum absolute atomic E-state index is 0.233. The van der Waals surface area contributed by atoms with Gasteiger partial charge < -0.3 is 9.47 Å². The molecule has 2 aliphatic rings. The normalized spacial score (nSPS) is 38.4. The highest BCUT2D eigenvalue weighted by Crippen LogP contribution is 2.56. The molecule has 4 unspecified atom stereocenters. The second kappa shape index (κ2) is 8.10. The van der Waals surface area contributed by atoms with E-state index in [-0.39, 0.29) is 11.0 Å². The van der Waals surface area contributed by atoms with E-state index in [1.807, 2.05) is 6.92 Å². The van der Waals surface area contributed by atoms with Crippen LogP contribution < -0.4 is 0 Å². The Balaban J connectivity index is 2.33. The van der Waals surface area contributed by atoms with E-state index < -0.39 is 6.16 Å². The zero-order valence-corrected chi connectivity index (χ0v) is 18.3. The largest absolute Gasteiger partial charge is 0.508 e. The van der Waals surface area contributed by atoms with Gasteiger partial charge in [0.25, 0.3) is 0 Å². The number of carbonyl (C=O) groups is 1. The van der Waals surface area contributed by atoms with Crippen molar-refractivity contribution in [3.05, 3.63) is 0 Å². The van der Waals surface area contributed by atoms with E-state index in [2.05, 4.69) is 41.5 Å². The first-order valence-electron chi connectivity index (χ1n) is 10.9. The number of hydrogen-bond donors (Lipinski definition) is 0. The van der Waals surface area contributed by atoms with Gasteiger partial charge >= 0.3 is 6.16 Å². The number of hydrogen-bond acceptors (Lipinski definition) is 3. The first-order chi connectivity index (χ1) is 12.1. The van der Waals surface area contributed by atoms with Crippen LogP contribution in [0, 0.1) is 28.6 Å². The van der Waals surface area contributed by atoms with Gasteiger partial charge in [0.15, 0.2) is 0 Å². The standard InChI is InChI=1S/C23H42O3/c1-8-25-20(24)26-23(14-10-13-22(7,16-23)18(4)5)19-11-9-12-21(6,15-19)17(2)3/h17-19H,8-16H2,1-7H3. The van der Waals surface area contributed by atoms with Crippen LogP contribution in [0.1, 0.15) is 99.8 Å². The molecule has 4 atom stereocenters. The van der Waals surface area contributed by atoms with E-state index in [4.69, 9.17) is 9.47 Å². The molecule has 2 aliphatic carbocycles. The van der Waals surface area contributed by atoms with E-state index in [1.165, 1.54) is 25.7 Å². The average molecular weight is 367 g/mol. The highest BCUT2D eigenvalue weighted by atomic mass is 16.7. The van der Waals surface area contributed by atoms with E-state index in [9.17, 15) is 4.79 Å². The monoisotopic (exact) mass is 366 g/mol. The van der Waals surface area contributed by atoms with E-state index in [0.29, 0.717) is 29.8 Å². The first-order valence-corrected chi connectivity index (χ1v) is 10.9. The number of rotatable bonds is 5. The molecule has 0 aromatic carbocycles. The molecule has 0 spiro atoms. The molecule has 0 radical (unpaired) electrons. The molecule has 2 rings (SSSR count). The smallest absolute Gasteiger partial charge is 0.435 e. The zero-order chi connectivity index (χ0) is 19.6. The van der Waals surface area contributed by atoms with Gasteiger partial charge in [0.2, 0.25) is 0 Å². The summed E-state index contributed by atoms with van der Waals surface area (Å²) in [7, 11) is 0. The number of carbonyl (C=O) groups excluding carboxylic acids is 1. The highest BCUT2D eigenvalue weighted by Gasteiger charge is 2.53. The fourth-order valence-electron chi connectivity index (χ4n) is 5.47. The van der Waals surface area contributed by atoms with Crippen molar-refractivity contribution in [3.8, 4) is 0 Å². The van der Waals surface area contributed by atoms with Crippen molar-refractivity contribution in [2.75, 3.05) is 6.61 Å². The first kappa shape index (κ1) is 21.6. The van der Waals surface area contributed by atoms with Gasteiger partial charge in [0, 0.05) is 0 Å². The van der Waals surface area contributed by atoms with Gasteiger partial charge in [-0.05, 0) is 80.5 Å². The zero-order valence-electron chi connectivity index (χ0n) is 18.3. The van der Waals surface area contributed by atoms with Gasteiger partial charge in [-0.1, -0.05) is 48.0 Å². The van der Waals surface area contributed by atoms with Crippen molar-refractivity contribution in [2.24, 2.45) is 28.6 Å². The summed E-state index contributed by atoms with van der Waals surface area (Å²) in [6.07, 6.45) is 8.76. The Morgan fingerprint density at radius 1 is 1.00 bits per heavy atom. The van der Waals surface area contributed by atoms with Gasteiger partial charge in [0.05, 0.1) is 6.61 Å². The molecule has 26 heavy (non-hydrogen) atoms. The van der Waals surface area contributed by atoms with Crippen molar-refractivity contribution >= 4 is 6.16 Å². The summed E-state index contributed by atoms with van der Waals surface area (Å²) in [6.45, 7) is 16.4. The predicted octanol–water partition coefficient (Wildman–Crippen LogP) is 6.99. The molecule has 0 aliphatic heterocycles. The lowest BCUT2D eigenvalue weighted by atomic mass is 9.55. The summed E-state index contributed by atoms with van der Waals surface area (Å²) < 4.78 is 11.4. The molecule has 3 heteroatoms. The van der Waals surface area contributed by atoms with Gasteiger partial charge in [-0.25, -0.2) is 4.79 Å². The SMILES string of the molecule is CCOC(=O)OC1(C2CCCC(C)(C(C)C)C2)CCCC(C)(C(C)C)C1. The van der Waals surface area contributed by atoms with Crippen molar-refractivity contribution < 1.29 is 14.3 Å². The maximum absolute atomic E-state index is 12.4. The molecule has 0 aromatic heterocycles. The minimum Gasteiger partial charge on any atom is -0.435 e. The van der Waals surface area contributed by atoms with Crippen LogP contribution in [0.4, 0.5) is 4.79 Å². The van der Waals surface area contributed by atoms with Gasteiger partial charge in [0.1, 0.15) is 5.60 Å². The third-order valence-corrected chi connectivity index (χ3v) is 8.14. The van der Waals surface area contributed by atoms with Crippen molar-refractivity contribution in [1.82, 2.24) is 0 Å². The van der Waals surface area contributed by atoms with Crippen LogP contribution in [0.2, 0.25) is 0 Å². The molecule has 0 bridgehead atoms. The Morgan fingerprint density at radius 3 is 2.19 bits per heavy atom. The van der Waals surface area contributed by atoms with Crippen LogP contribution in [0.25, 0.3) is 0 Å². The molecule has 0 heterocycles. The third-order valence-electron chi connectivity index (χ3n) is 8.14. The van der Waals surface area contributed by atoms with Crippen molar-refractivity contribution in [3.63, 3.8) is 0 Å². The average Bonchev–Trinajstić information content (AvgIpc) is 2.55. The lowest BCUT2D eigenvalue weighted by molar-refractivity contribution is -0.140. The Morgan fingerprint density at radius 2 is 1.62 bits per heavy atom. The molecule has 2 saturated carbocycles. The van der Waals surface area contributed by atoms with Crippen molar-refractivity contribution in [2.45, 2.75) is 105 Å². The summed E-state index contributed by atoms with van der Waals surface area (Å²) >= 11 is 0. The molecule has 3 nitrogen and oxygen atoms in total. The Hall–Kier alpha value is -0.730. The van der Waals surface area contributed by atoms with Gasteiger partial charge in [-0.3, -0.25) is 0 Å².